The van der Waals surface area contributed by atoms with Gasteiger partial charge in [-0.05, 0) is 18.9 Å². The summed E-state index contributed by atoms with van der Waals surface area (Å²) in [4.78, 5) is 10.5. The van der Waals surface area contributed by atoms with Crippen LogP contribution in [0.25, 0.3) is 0 Å². The molecule has 0 spiro atoms. The smallest absolute Gasteiger partial charge is 0.131 e. The molecule has 0 aliphatic carbocycles. The van der Waals surface area contributed by atoms with Gasteiger partial charge in [0.25, 0.3) is 0 Å². The maximum atomic E-state index is 4.27. The fourth-order valence-electron chi connectivity index (χ4n) is 1.43. The van der Waals surface area contributed by atoms with Crippen molar-refractivity contribution in [1.82, 2.24) is 9.97 Å². The van der Waals surface area contributed by atoms with E-state index in [1.165, 1.54) is 12.8 Å². The Kier molecular flexibility index (Phi) is 4.97. The molecule has 1 rings (SSSR count). The molecular weight excluding hydrogens is 174 g/mol. The lowest BCUT2D eigenvalue weighted by Crippen LogP contribution is -2.26. The summed E-state index contributed by atoms with van der Waals surface area (Å²) in [5.74, 6) is 1.05. The van der Waals surface area contributed by atoms with E-state index in [1.807, 2.05) is 6.07 Å². The number of anilines is 1. The van der Waals surface area contributed by atoms with Gasteiger partial charge in [0.1, 0.15) is 12.1 Å². The molecule has 3 nitrogen and oxygen atoms in total. The predicted molar refractivity (Wildman–Crippen MR) is 59.4 cm³/mol. The molecule has 0 saturated carbocycles. The van der Waals surface area contributed by atoms with E-state index in [0.29, 0.717) is 0 Å². The zero-order chi connectivity index (χ0) is 10.2. The van der Waals surface area contributed by atoms with Gasteiger partial charge < -0.3 is 4.90 Å². The third-order valence-electron chi connectivity index (χ3n) is 2.17. The summed E-state index contributed by atoms with van der Waals surface area (Å²) in [7, 11) is 0. The SMILES string of the molecule is CCCCN(CCC)c1ccncn1. The van der Waals surface area contributed by atoms with Gasteiger partial charge in [-0.1, -0.05) is 20.3 Å². The van der Waals surface area contributed by atoms with Crippen LogP contribution in [0, 0.1) is 0 Å². The molecular formula is C11H19N3. The number of nitrogens with zero attached hydrogens (tertiary/aromatic N) is 3. The Balaban J connectivity index is 2.58. The van der Waals surface area contributed by atoms with E-state index in [9.17, 15) is 0 Å². The van der Waals surface area contributed by atoms with Crippen LogP contribution in [0.1, 0.15) is 33.1 Å². The lowest BCUT2D eigenvalue weighted by atomic mass is 10.3. The highest BCUT2D eigenvalue weighted by molar-refractivity contribution is 5.35. The fourth-order valence-corrected chi connectivity index (χ4v) is 1.43. The second-order valence-corrected chi connectivity index (χ2v) is 3.41. The Bertz CT molecular complexity index is 236. The molecule has 1 aromatic rings. The first-order valence-corrected chi connectivity index (χ1v) is 5.39. The van der Waals surface area contributed by atoms with Crippen LogP contribution in [0.5, 0.6) is 0 Å². The molecule has 3 heteroatoms. The molecule has 78 valence electrons. The van der Waals surface area contributed by atoms with Crippen molar-refractivity contribution in [3.05, 3.63) is 18.6 Å². The molecule has 0 N–H and O–H groups in total. The topological polar surface area (TPSA) is 29.0 Å². The number of aromatic nitrogens is 2. The van der Waals surface area contributed by atoms with E-state index in [-0.39, 0.29) is 0 Å². The van der Waals surface area contributed by atoms with Crippen molar-refractivity contribution in [3.8, 4) is 0 Å². The van der Waals surface area contributed by atoms with E-state index >= 15 is 0 Å². The van der Waals surface area contributed by atoms with Crippen molar-refractivity contribution in [2.24, 2.45) is 0 Å². The first kappa shape index (κ1) is 11.0. The monoisotopic (exact) mass is 193 g/mol. The van der Waals surface area contributed by atoms with Crippen LogP contribution in [0.4, 0.5) is 5.82 Å². The molecule has 0 unspecified atom stereocenters. The molecule has 0 aliphatic heterocycles. The summed E-state index contributed by atoms with van der Waals surface area (Å²) in [5, 5.41) is 0. The van der Waals surface area contributed by atoms with Crippen molar-refractivity contribution in [2.45, 2.75) is 33.1 Å². The van der Waals surface area contributed by atoms with Crippen LogP contribution in [0.15, 0.2) is 18.6 Å². The molecule has 0 aromatic carbocycles. The third-order valence-corrected chi connectivity index (χ3v) is 2.17. The summed E-state index contributed by atoms with van der Waals surface area (Å²) in [5.41, 5.74) is 0. The van der Waals surface area contributed by atoms with E-state index in [0.717, 1.165) is 25.3 Å². The normalized spacial score (nSPS) is 10.1. The van der Waals surface area contributed by atoms with Crippen molar-refractivity contribution in [2.75, 3.05) is 18.0 Å². The van der Waals surface area contributed by atoms with Crippen LogP contribution in [-0.2, 0) is 0 Å². The molecule has 0 aliphatic rings. The van der Waals surface area contributed by atoms with Gasteiger partial charge in [0, 0.05) is 19.3 Å². The summed E-state index contributed by atoms with van der Waals surface area (Å²) in [6.45, 7) is 6.59. The van der Waals surface area contributed by atoms with Crippen molar-refractivity contribution in [1.29, 1.82) is 0 Å². The summed E-state index contributed by atoms with van der Waals surface area (Å²) in [6.07, 6.45) is 7.03. The van der Waals surface area contributed by atoms with Crippen molar-refractivity contribution >= 4 is 5.82 Å². The molecule has 0 atom stereocenters. The minimum Gasteiger partial charge on any atom is -0.357 e. The zero-order valence-electron chi connectivity index (χ0n) is 9.11. The van der Waals surface area contributed by atoms with Gasteiger partial charge >= 0.3 is 0 Å². The van der Waals surface area contributed by atoms with Gasteiger partial charge in [0.2, 0.25) is 0 Å². The fraction of sp³-hybridized carbons (Fsp3) is 0.636. The van der Waals surface area contributed by atoms with Gasteiger partial charge in [-0.2, -0.15) is 0 Å². The third kappa shape index (κ3) is 3.32. The molecule has 1 heterocycles. The molecule has 0 bridgehead atoms. The minimum atomic E-state index is 1.05. The van der Waals surface area contributed by atoms with Crippen LogP contribution >= 0.6 is 0 Å². The predicted octanol–water partition coefficient (Wildman–Crippen LogP) is 2.49. The highest BCUT2D eigenvalue weighted by atomic mass is 15.2. The Morgan fingerprint density at radius 3 is 2.64 bits per heavy atom. The van der Waals surface area contributed by atoms with E-state index in [2.05, 4.69) is 28.7 Å². The Hall–Kier alpha value is -1.12. The van der Waals surface area contributed by atoms with Gasteiger partial charge in [0.05, 0.1) is 0 Å². The largest absolute Gasteiger partial charge is 0.357 e. The van der Waals surface area contributed by atoms with Crippen LogP contribution in [0.3, 0.4) is 0 Å². The number of hydrogen-bond acceptors (Lipinski definition) is 3. The first-order valence-electron chi connectivity index (χ1n) is 5.39. The number of unbranched alkanes of at least 4 members (excludes halogenated alkanes) is 1. The highest BCUT2D eigenvalue weighted by Gasteiger charge is 2.04. The number of rotatable bonds is 6. The molecule has 0 amide bonds. The maximum absolute atomic E-state index is 4.27. The molecule has 14 heavy (non-hydrogen) atoms. The Morgan fingerprint density at radius 2 is 2.07 bits per heavy atom. The number of hydrogen-bond donors (Lipinski definition) is 0. The summed E-state index contributed by atoms with van der Waals surface area (Å²) < 4.78 is 0. The average Bonchev–Trinajstić information content (AvgIpc) is 2.25. The quantitative estimate of drug-likeness (QED) is 0.695. The summed E-state index contributed by atoms with van der Waals surface area (Å²) >= 11 is 0. The first-order chi connectivity index (χ1) is 6.88. The van der Waals surface area contributed by atoms with Gasteiger partial charge in [-0.15, -0.1) is 0 Å². The second-order valence-electron chi connectivity index (χ2n) is 3.41. The average molecular weight is 193 g/mol. The Morgan fingerprint density at radius 1 is 1.21 bits per heavy atom. The van der Waals surface area contributed by atoms with E-state index < -0.39 is 0 Å². The molecule has 0 radical (unpaired) electrons. The van der Waals surface area contributed by atoms with Crippen molar-refractivity contribution in [3.63, 3.8) is 0 Å². The van der Waals surface area contributed by atoms with Gasteiger partial charge in [-0.3, -0.25) is 0 Å². The van der Waals surface area contributed by atoms with Gasteiger partial charge in [-0.25, -0.2) is 9.97 Å². The Labute approximate surface area is 86.2 Å². The zero-order valence-corrected chi connectivity index (χ0v) is 9.11. The highest BCUT2D eigenvalue weighted by Crippen LogP contribution is 2.09. The lowest BCUT2D eigenvalue weighted by molar-refractivity contribution is 0.695. The van der Waals surface area contributed by atoms with Crippen LogP contribution in [-0.4, -0.2) is 23.1 Å². The molecule has 0 fully saturated rings. The molecule has 0 saturated heterocycles. The molecule has 1 aromatic heterocycles. The van der Waals surface area contributed by atoms with Crippen LogP contribution in [0.2, 0.25) is 0 Å². The van der Waals surface area contributed by atoms with E-state index in [1.54, 1.807) is 12.5 Å². The second kappa shape index (κ2) is 6.35. The van der Waals surface area contributed by atoms with Crippen molar-refractivity contribution < 1.29 is 0 Å². The maximum Gasteiger partial charge on any atom is 0.131 e. The lowest BCUT2D eigenvalue weighted by Gasteiger charge is -2.22. The van der Waals surface area contributed by atoms with E-state index in [4.69, 9.17) is 0 Å². The van der Waals surface area contributed by atoms with Crippen LogP contribution < -0.4 is 4.90 Å². The summed E-state index contributed by atoms with van der Waals surface area (Å²) in [6, 6.07) is 1.98. The van der Waals surface area contributed by atoms with Gasteiger partial charge in [0.15, 0.2) is 0 Å². The standard InChI is InChI=1S/C11H19N3/c1-3-5-9-14(8-4-2)11-6-7-12-10-13-11/h6-7,10H,3-5,8-9H2,1-2H3. The minimum absolute atomic E-state index is 1.05.